The van der Waals surface area contributed by atoms with Crippen LogP contribution in [0.4, 0.5) is 0 Å². The average Bonchev–Trinajstić information content (AvgIpc) is 2.48. The fraction of sp³-hybridized carbons (Fsp3) is 0.611. The Morgan fingerprint density at radius 3 is 2.32 bits per heavy atom. The second kappa shape index (κ2) is 16.4. The third kappa shape index (κ3) is 15.4. The normalized spacial score (nSPS) is 12.8. The summed E-state index contributed by atoms with van der Waals surface area (Å²) in [5, 5.41) is 0. The molecule has 128 valence electrons. The topological polar surface area (TPSA) is 38.3 Å². The van der Waals surface area contributed by atoms with E-state index < -0.39 is 0 Å². The van der Waals surface area contributed by atoms with Gasteiger partial charge in [0.2, 0.25) is 0 Å². The van der Waals surface area contributed by atoms with E-state index in [-0.39, 0.29) is 12.0 Å². The first-order valence-corrected chi connectivity index (χ1v) is 8.36. The second-order valence-electron chi connectivity index (χ2n) is 5.67. The van der Waals surface area contributed by atoms with Crippen LogP contribution in [0.5, 0.6) is 0 Å². The van der Waals surface area contributed by atoms with Crippen LogP contribution >= 0.6 is 12.8 Å². The highest BCUT2D eigenvalue weighted by atomic mass is 32.1. The van der Waals surface area contributed by atoms with Crippen LogP contribution in [0.3, 0.4) is 0 Å². The SMILES string of the molecule is C=C/C(=C\C=C\[C@@H](CCCCC)NS)C(=O)OC.CC(C)C. The summed E-state index contributed by atoms with van der Waals surface area (Å²) in [4.78, 5) is 11.3. The number of unbranched alkanes of at least 4 members (excludes halogenated alkanes) is 2. The van der Waals surface area contributed by atoms with Gasteiger partial charge in [0.1, 0.15) is 0 Å². The number of carbonyl (C=O) groups is 1. The van der Waals surface area contributed by atoms with Crippen LogP contribution < -0.4 is 4.72 Å². The van der Waals surface area contributed by atoms with Crippen molar-refractivity contribution in [3.05, 3.63) is 36.5 Å². The van der Waals surface area contributed by atoms with E-state index in [0.29, 0.717) is 5.57 Å². The first-order chi connectivity index (χ1) is 10.4. The van der Waals surface area contributed by atoms with Gasteiger partial charge < -0.3 is 4.74 Å². The lowest BCUT2D eigenvalue weighted by Gasteiger charge is -2.09. The van der Waals surface area contributed by atoms with E-state index in [1.165, 1.54) is 26.0 Å². The van der Waals surface area contributed by atoms with E-state index in [1.807, 2.05) is 12.2 Å². The number of methoxy groups -OCH3 is 1. The highest BCUT2D eigenvalue weighted by Gasteiger charge is 2.03. The molecule has 0 fully saturated rings. The van der Waals surface area contributed by atoms with Gasteiger partial charge in [-0.2, -0.15) is 0 Å². The predicted octanol–water partition coefficient (Wildman–Crippen LogP) is 4.87. The van der Waals surface area contributed by atoms with Gasteiger partial charge in [0, 0.05) is 6.04 Å². The summed E-state index contributed by atoms with van der Waals surface area (Å²) in [6.07, 6.45) is 11.6. The number of nitrogens with one attached hydrogen (secondary N) is 1. The third-order valence-electron chi connectivity index (χ3n) is 2.54. The van der Waals surface area contributed by atoms with Crippen molar-refractivity contribution in [2.45, 2.75) is 59.4 Å². The Bertz CT molecular complexity index is 346. The molecule has 0 aromatic heterocycles. The van der Waals surface area contributed by atoms with Gasteiger partial charge in [0.05, 0.1) is 12.7 Å². The van der Waals surface area contributed by atoms with Crippen molar-refractivity contribution in [2.75, 3.05) is 7.11 Å². The maximum atomic E-state index is 11.3. The Labute approximate surface area is 142 Å². The molecular weight excluding hydrogens is 294 g/mol. The Hall–Kier alpha value is -1.00. The zero-order valence-corrected chi connectivity index (χ0v) is 15.7. The van der Waals surface area contributed by atoms with Crippen molar-refractivity contribution < 1.29 is 9.53 Å². The fourth-order valence-electron chi connectivity index (χ4n) is 1.45. The predicted molar refractivity (Wildman–Crippen MR) is 100.0 cm³/mol. The van der Waals surface area contributed by atoms with Crippen molar-refractivity contribution in [1.29, 1.82) is 0 Å². The monoisotopic (exact) mass is 327 g/mol. The van der Waals surface area contributed by atoms with Gasteiger partial charge in [-0.1, -0.05) is 84.6 Å². The van der Waals surface area contributed by atoms with Crippen molar-refractivity contribution in [3.8, 4) is 0 Å². The van der Waals surface area contributed by atoms with Crippen LogP contribution in [0, 0.1) is 5.92 Å². The average molecular weight is 328 g/mol. The van der Waals surface area contributed by atoms with Gasteiger partial charge in [-0.3, -0.25) is 4.72 Å². The summed E-state index contributed by atoms with van der Waals surface area (Å²) < 4.78 is 7.56. The summed E-state index contributed by atoms with van der Waals surface area (Å²) in [6.45, 7) is 12.2. The molecule has 0 radical (unpaired) electrons. The lowest BCUT2D eigenvalue weighted by molar-refractivity contribution is -0.135. The van der Waals surface area contributed by atoms with Crippen molar-refractivity contribution in [3.63, 3.8) is 0 Å². The van der Waals surface area contributed by atoms with Crippen molar-refractivity contribution >= 4 is 18.8 Å². The number of allylic oxidation sites excluding steroid dienone is 2. The summed E-state index contributed by atoms with van der Waals surface area (Å²) in [6, 6.07) is 0.208. The van der Waals surface area contributed by atoms with E-state index >= 15 is 0 Å². The number of esters is 1. The van der Waals surface area contributed by atoms with Gasteiger partial charge in [-0.25, -0.2) is 4.79 Å². The molecule has 0 aromatic rings. The maximum absolute atomic E-state index is 11.3. The molecule has 0 bridgehead atoms. The lowest BCUT2D eigenvalue weighted by atomic mass is 10.1. The molecule has 1 N–H and O–H groups in total. The summed E-state index contributed by atoms with van der Waals surface area (Å²) in [5.74, 6) is 0.455. The quantitative estimate of drug-likeness (QED) is 0.208. The molecule has 22 heavy (non-hydrogen) atoms. The van der Waals surface area contributed by atoms with E-state index in [2.05, 4.69) is 56.5 Å². The number of rotatable bonds is 9. The van der Waals surface area contributed by atoms with Crippen LogP contribution in [0.1, 0.15) is 53.4 Å². The minimum absolute atomic E-state index is 0.208. The fourth-order valence-corrected chi connectivity index (χ4v) is 1.66. The smallest absolute Gasteiger partial charge is 0.337 e. The van der Waals surface area contributed by atoms with Crippen LogP contribution in [-0.4, -0.2) is 19.1 Å². The van der Waals surface area contributed by atoms with E-state index in [0.717, 1.165) is 18.8 Å². The summed E-state index contributed by atoms with van der Waals surface area (Å²) in [5.41, 5.74) is 0.445. The third-order valence-corrected chi connectivity index (χ3v) is 2.88. The molecule has 0 aliphatic heterocycles. The summed E-state index contributed by atoms with van der Waals surface area (Å²) >= 11 is 4.09. The van der Waals surface area contributed by atoms with E-state index in [4.69, 9.17) is 0 Å². The maximum Gasteiger partial charge on any atom is 0.337 e. The molecule has 0 saturated carbocycles. The minimum Gasteiger partial charge on any atom is -0.465 e. The Kier molecular flexibility index (Phi) is 17.3. The van der Waals surface area contributed by atoms with Crippen molar-refractivity contribution in [2.24, 2.45) is 5.92 Å². The molecule has 0 aromatic carbocycles. The van der Waals surface area contributed by atoms with Crippen LogP contribution in [-0.2, 0) is 9.53 Å². The summed E-state index contributed by atoms with van der Waals surface area (Å²) in [7, 11) is 1.35. The van der Waals surface area contributed by atoms with Crippen LogP contribution in [0.2, 0.25) is 0 Å². The van der Waals surface area contributed by atoms with Gasteiger partial charge in [0.15, 0.2) is 0 Å². The Morgan fingerprint density at radius 1 is 1.32 bits per heavy atom. The van der Waals surface area contributed by atoms with Crippen LogP contribution in [0.25, 0.3) is 0 Å². The zero-order valence-electron chi connectivity index (χ0n) is 14.8. The van der Waals surface area contributed by atoms with Gasteiger partial charge in [-0.05, 0) is 18.4 Å². The largest absolute Gasteiger partial charge is 0.465 e. The standard InChI is InChI=1S/C14H23NO2S.C4H10/c1-4-6-7-10-13(15-18)11-8-9-12(5-2)14(16)17-3;1-4(2)3/h5,8-9,11,13,15,18H,2,4,6-7,10H2,1,3H3;4H,1-3H3/b11-8+,12-9+;/t13-;/m1./s1. The number of hydrogen-bond acceptors (Lipinski definition) is 4. The number of hydrogen-bond donors (Lipinski definition) is 2. The molecule has 0 saturated heterocycles. The minimum atomic E-state index is -0.379. The number of ether oxygens (including phenoxy) is 1. The van der Waals surface area contributed by atoms with E-state index in [1.54, 1.807) is 6.08 Å². The van der Waals surface area contributed by atoms with Gasteiger partial charge in [0.25, 0.3) is 0 Å². The molecule has 0 unspecified atom stereocenters. The van der Waals surface area contributed by atoms with Crippen molar-refractivity contribution in [1.82, 2.24) is 4.72 Å². The molecule has 0 aliphatic rings. The first kappa shape index (κ1) is 23.3. The molecule has 0 amide bonds. The molecular formula is C18H33NO2S. The van der Waals surface area contributed by atoms with Gasteiger partial charge in [-0.15, -0.1) is 0 Å². The molecule has 0 aliphatic carbocycles. The lowest BCUT2D eigenvalue weighted by Crippen LogP contribution is -2.17. The molecule has 0 heterocycles. The highest BCUT2D eigenvalue weighted by molar-refractivity contribution is 7.78. The highest BCUT2D eigenvalue weighted by Crippen LogP contribution is 2.06. The molecule has 1 atom stereocenters. The molecule has 0 rings (SSSR count). The molecule has 0 spiro atoms. The van der Waals surface area contributed by atoms with Crippen LogP contribution in [0.15, 0.2) is 36.5 Å². The zero-order chi connectivity index (χ0) is 17.4. The molecule has 3 nitrogen and oxygen atoms in total. The number of carbonyl (C=O) groups excluding carboxylic acids is 1. The number of thiol groups is 1. The van der Waals surface area contributed by atoms with E-state index in [9.17, 15) is 4.79 Å². The Balaban J connectivity index is 0. The van der Waals surface area contributed by atoms with Gasteiger partial charge >= 0.3 is 5.97 Å². The molecule has 4 heteroatoms. The first-order valence-electron chi connectivity index (χ1n) is 7.91. The Morgan fingerprint density at radius 2 is 1.91 bits per heavy atom. The second-order valence-corrected chi connectivity index (χ2v) is 5.92.